The molecule has 0 atom stereocenters. The van der Waals surface area contributed by atoms with Crippen LogP contribution in [0.3, 0.4) is 0 Å². The monoisotopic (exact) mass is 376 g/mol. The van der Waals surface area contributed by atoms with Gasteiger partial charge >= 0.3 is 0 Å². The number of carbonyl (C=O) groups is 1. The van der Waals surface area contributed by atoms with E-state index in [-0.39, 0.29) is 16.8 Å². The number of nitrogens with one attached hydrogen (secondary N) is 2. The van der Waals surface area contributed by atoms with Gasteiger partial charge in [0.15, 0.2) is 0 Å². The number of anilines is 1. The number of ether oxygens (including phenoxy) is 1. The lowest BCUT2D eigenvalue weighted by atomic mass is 10.2. The molecule has 0 aliphatic heterocycles. The smallest absolute Gasteiger partial charge is 0.240 e. The molecule has 0 saturated carbocycles. The van der Waals surface area contributed by atoms with Gasteiger partial charge in [0.1, 0.15) is 5.75 Å². The SMILES string of the molecule is CC(C)NS(=O)(=O)c1ccc(NC(=O)CCCOc2ccccc2)cc1. The molecular formula is C19H24N2O4S. The van der Waals surface area contributed by atoms with Gasteiger partial charge in [-0.05, 0) is 56.7 Å². The minimum absolute atomic E-state index is 0.141. The van der Waals surface area contributed by atoms with Crippen molar-refractivity contribution < 1.29 is 17.9 Å². The largest absolute Gasteiger partial charge is 0.494 e. The van der Waals surface area contributed by atoms with Crippen LogP contribution >= 0.6 is 0 Å². The van der Waals surface area contributed by atoms with Crippen LogP contribution in [0.15, 0.2) is 59.5 Å². The van der Waals surface area contributed by atoms with E-state index in [2.05, 4.69) is 10.0 Å². The highest BCUT2D eigenvalue weighted by molar-refractivity contribution is 7.89. The Hall–Kier alpha value is -2.38. The summed E-state index contributed by atoms with van der Waals surface area (Å²) in [6.45, 7) is 3.97. The maximum atomic E-state index is 12.1. The molecule has 2 aromatic rings. The van der Waals surface area contributed by atoms with Gasteiger partial charge < -0.3 is 10.1 Å². The molecule has 0 fully saturated rings. The number of amides is 1. The van der Waals surface area contributed by atoms with Gasteiger partial charge in [-0.1, -0.05) is 18.2 Å². The molecule has 0 bridgehead atoms. The van der Waals surface area contributed by atoms with Crippen LogP contribution in [0.2, 0.25) is 0 Å². The lowest BCUT2D eigenvalue weighted by molar-refractivity contribution is -0.116. The zero-order chi connectivity index (χ0) is 19.0. The molecule has 140 valence electrons. The van der Waals surface area contributed by atoms with Crippen LogP contribution in [0.5, 0.6) is 5.75 Å². The molecule has 0 radical (unpaired) electrons. The number of hydrogen-bond acceptors (Lipinski definition) is 4. The number of sulfonamides is 1. The summed E-state index contributed by atoms with van der Waals surface area (Å²) in [5.74, 6) is 0.636. The summed E-state index contributed by atoms with van der Waals surface area (Å²) in [6.07, 6.45) is 0.910. The quantitative estimate of drug-likeness (QED) is 0.659. The number of carbonyl (C=O) groups excluding carboxylic acids is 1. The third-order valence-corrected chi connectivity index (χ3v) is 5.07. The highest BCUT2D eigenvalue weighted by Gasteiger charge is 2.15. The van der Waals surface area contributed by atoms with Crippen LogP contribution in [0, 0.1) is 0 Å². The first-order chi connectivity index (χ1) is 12.4. The summed E-state index contributed by atoms with van der Waals surface area (Å²) in [6, 6.07) is 15.3. The van der Waals surface area contributed by atoms with Crippen molar-refractivity contribution in [2.75, 3.05) is 11.9 Å². The lowest BCUT2D eigenvalue weighted by Gasteiger charge is -2.10. The number of rotatable bonds is 9. The fraction of sp³-hybridized carbons (Fsp3) is 0.316. The van der Waals surface area contributed by atoms with E-state index in [0.29, 0.717) is 25.1 Å². The van der Waals surface area contributed by atoms with Crippen molar-refractivity contribution in [1.29, 1.82) is 0 Å². The molecule has 0 spiro atoms. The fourth-order valence-corrected chi connectivity index (χ4v) is 3.51. The summed E-state index contributed by atoms with van der Waals surface area (Å²) >= 11 is 0. The van der Waals surface area contributed by atoms with Gasteiger partial charge in [0.05, 0.1) is 11.5 Å². The molecule has 26 heavy (non-hydrogen) atoms. The summed E-state index contributed by atoms with van der Waals surface area (Å²) in [7, 11) is -3.53. The molecule has 0 aliphatic rings. The third-order valence-electron chi connectivity index (χ3n) is 3.40. The molecule has 0 saturated heterocycles. The molecule has 6 nitrogen and oxygen atoms in total. The van der Waals surface area contributed by atoms with Gasteiger partial charge in [-0.3, -0.25) is 4.79 Å². The van der Waals surface area contributed by atoms with E-state index in [4.69, 9.17) is 4.74 Å². The van der Waals surface area contributed by atoms with Gasteiger partial charge in [-0.15, -0.1) is 0 Å². The fourth-order valence-electron chi connectivity index (χ4n) is 2.26. The van der Waals surface area contributed by atoms with E-state index >= 15 is 0 Å². The minimum atomic E-state index is -3.53. The Bertz CT molecular complexity index is 803. The number of para-hydroxylation sites is 1. The Labute approximate surface area is 154 Å². The van der Waals surface area contributed by atoms with Crippen molar-refractivity contribution in [3.05, 3.63) is 54.6 Å². The standard InChI is InChI=1S/C19H24N2O4S/c1-15(2)21-26(23,24)18-12-10-16(11-13-18)20-19(22)9-6-14-25-17-7-4-3-5-8-17/h3-5,7-8,10-13,15,21H,6,9,14H2,1-2H3,(H,20,22). The molecule has 7 heteroatoms. The topological polar surface area (TPSA) is 84.5 Å². The molecule has 2 N–H and O–H groups in total. The lowest BCUT2D eigenvalue weighted by Crippen LogP contribution is -2.30. The van der Waals surface area contributed by atoms with Crippen LogP contribution in [0.25, 0.3) is 0 Å². The van der Waals surface area contributed by atoms with E-state index < -0.39 is 10.0 Å². The molecule has 2 rings (SSSR count). The summed E-state index contributed by atoms with van der Waals surface area (Å²) < 4.78 is 32.2. The van der Waals surface area contributed by atoms with Crippen LogP contribution in [-0.4, -0.2) is 27.0 Å². The van der Waals surface area contributed by atoms with Crippen LogP contribution in [-0.2, 0) is 14.8 Å². The molecule has 2 aromatic carbocycles. The second-order valence-corrected chi connectivity index (χ2v) is 7.83. The minimum Gasteiger partial charge on any atom is -0.494 e. The Morgan fingerprint density at radius 3 is 2.31 bits per heavy atom. The maximum Gasteiger partial charge on any atom is 0.240 e. The maximum absolute atomic E-state index is 12.1. The summed E-state index contributed by atoms with van der Waals surface area (Å²) in [4.78, 5) is 12.1. The zero-order valence-electron chi connectivity index (χ0n) is 14.9. The van der Waals surface area contributed by atoms with E-state index in [1.165, 1.54) is 12.1 Å². The van der Waals surface area contributed by atoms with E-state index in [1.807, 2.05) is 30.3 Å². The molecule has 0 unspecified atom stereocenters. The predicted octanol–water partition coefficient (Wildman–Crippen LogP) is 3.17. The molecule has 0 aliphatic carbocycles. The van der Waals surface area contributed by atoms with Gasteiger partial charge in [0.2, 0.25) is 15.9 Å². The first kappa shape index (κ1) is 19.9. The highest BCUT2D eigenvalue weighted by Crippen LogP contribution is 2.15. The molecule has 0 heterocycles. The van der Waals surface area contributed by atoms with Crippen molar-refractivity contribution in [1.82, 2.24) is 4.72 Å². The highest BCUT2D eigenvalue weighted by atomic mass is 32.2. The van der Waals surface area contributed by atoms with E-state index in [1.54, 1.807) is 26.0 Å². The van der Waals surface area contributed by atoms with Gasteiger partial charge in [0, 0.05) is 18.2 Å². The van der Waals surface area contributed by atoms with Gasteiger partial charge in [0.25, 0.3) is 0 Å². The second kappa shape index (κ2) is 9.35. The Morgan fingerprint density at radius 2 is 1.69 bits per heavy atom. The van der Waals surface area contributed by atoms with Crippen molar-refractivity contribution in [3.8, 4) is 5.75 Å². The average molecular weight is 376 g/mol. The van der Waals surface area contributed by atoms with Crippen LogP contribution < -0.4 is 14.8 Å². The van der Waals surface area contributed by atoms with Crippen molar-refractivity contribution in [2.24, 2.45) is 0 Å². The Morgan fingerprint density at radius 1 is 1.04 bits per heavy atom. The van der Waals surface area contributed by atoms with Crippen LogP contribution in [0.1, 0.15) is 26.7 Å². The molecule has 0 aromatic heterocycles. The van der Waals surface area contributed by atoms with Crippen molar-refractivity contribution >= 4 is 21.6 Å². The average Bonchev–Trinajstić information content (AvgIpc) is 2.59. The Balaban J connectivity index is 1.78. The first-order valence-electron chi connectivity index (χ1n) is 8.47. The zero-order valence-corrected chi connectivity index (χ0v) is 15.8. The van der Waals surface area contributed by atoms with E-state index in [0.717, 1.165) is 5.75 Å². The molecular weight excluding hydrogens is 352 g/mol. The van der Waals surface area contributed by atoms with Crippen LogP contribution in [0.4, 0.5) is 5.69 Å². The number of benzene rings is 2. The Kier molecular flexibility index (Phi) is 7.17. The second-order valence-electron chi connectivity index (χ2n) is 6.11. The molecule has 1 amide bonds. The number of hydrogen-bond donors (Lipinski definition) is 2. The third kappa shape index (κ3) is 6.50. The van der Waals surface area contributed by atoms with Crippen molar-refractivity contribution in [3.63, 3.8) is 0 Å². The first-order valence-corrected chi connectivity index (χ1v) is 9.95. The van der Waals surface area contributed by atoms with Gasteiger partial charge in [-0.25, -0.2) is 13.1 Å². The summed E-state index contributed by atoms with van der Waals surface area (Å²) in [5.41, 5.74) is 0.558. The van der Waals surface area contributed by atoms with Crippen molar-refractivity contribution in [2.45, 2.75) is 37.6 Å². The normalized spacial score (nSPS) is 11.3. The van der Waals surface area contributed by atoms with Gasteiger partial charge in [-0.2, -0.15) is 0 Å². The predicted molar refractivity (Wildman–Crippen MR) is 102 cm³/mol. The van der Waals surface area contributed by atoms with E-state index in [9.17, 15) is 13.2 Å². The summed E-state index contributed by atoms with van der Waals surface area (Å²) in [5, 5.41) is 2.75.